The topological polar surface area (TPSA) is 88.3 Å². The van der Waals surface area contributed by atoms with Gasteiger partial charge >= 0.3 is 5.97 Å². The van der Waals surface area contributed by atoms with Gasteiger partial charge in [0.25, 0.3) is 5.91 Å². The predicted octanol–water partition coefficient (Wildman–Crippen LogP) is 2.40. The summed E-state index contributed by atoms with van der Waals surface area (Å²) < 4.78 is 1.78. The Balaban J connectivity index is 2.08. The van der Waals surface area contributed by atoms with Crippen LogP contribution in [-0.2, 0) is 4.79 Å². The lowest BCUT2D eigenvalue weighted by atomic mass is 10.00. The lowest BCUT2D eigenvalue weighted by Crippen LogP contribution is -2.48. The van der Waals surface area contributed by atoms with Gasteiger partial charge in [-0.25, -0.2) is 14.5 Å². The number of carbonyl (C=O) groups excluding carboxylic acids is 1. The molecule has 0 saturated carbocycles. The number of fused-ring (bicyclic) bond motifs is 1. The van der Waals surface area contributed by atoms with Crippen LogP contribution in [0.4, 0.5) is 0 Å². The van der Waals surface area contributed by atoms with Crippen LogP contribution in [0.1, 0.15) is 55.2 Å². The Morgan fingerprint density at radius 2 is 2.08 bits per heavy atom. The first kappa shape index (κ1) is 16.4. The molecule has 0 spiro atoms. The smallest absolute Gasteiger partial charge is 0.326 e. The summed E-state index contributed by atoms with van der Waals surface area (Å²) in [5, 5.41) is 14.4. The Kier molecular flexibility index (Phi) is 4.26. The van der Waals surface area contributed by atoms with Crippen LogP contribution in [0.15, 0.2) is 12.3 Å². The van der Waals surface area contributed by atoms with Crippen LogP contribution in [0.25, 0.3) is 11.0 Å². The summed E-state index contributed by atoms with van der Waals surface area (Å²) in [6, 6.07) is 1.10. The number of carboxylic acids is 1. The fourth-order valence-corrected chi connectivity index (χ4v) is 3.28. The van der Waals surface area contributed by atoms with Gasteiger partial charge in [-0.05, 0) is 46.1 Å². The molecule has 3 rings (SSSR count). The normalized spacial score (nSPS) is 18.3. The van der Waals surface area contributed by atoms with E-state index in [2.05, 4.69) is 10.1 Å². The van der Waals surface area contributed by atoms with Crippen molar-refractivity contribution in [1.29, 1.82) is 0 Å². The molecule has 0 aliphatic carbocycles. The molecule has 3 heterocycles. The molecule has 7 heteroatoms. The number of likely N-dealkylation sites (tertiary alicyclic amines) is 1. The summed E-state index contributed by atoms with van der Waals surface area (Å²) in [5.74, 6) is -1.19. The summed E-state index contributed by atoms with van der Waals surface area (Å²) in [5.41, 5.74) is 1.87. The fourth-order valence-electron chi connectivity index (χ4n) is 3.28. The molecule has 0 aromatic carbocycles. The first-order chi connectivity index (χ1) is 11.4. The molecule has 1 saturated heterocycles. The first-order valence-corrected chi connectivity index (χ1v) is 8.28. The largest absolute Gasteiger partial charge is 0.480 e. The summed E-state index contributed by atoms with van der Waals surface area (Å²) in [6.45, 7) is 6.31. The van der Waals surface area contributed by atoms with Crippen LogP contribution >= 0.6 is 0 Å². The molecule has 1 fully saturated rings. The number of carbonyl (C=O) groups is 2. The molecule has 24 heavy (non-hydrogen) atoms. The van der Waals surface area contributed by atoms with Crippen LogP contribution in [0, 0.1) is 6.92 Å². The second-order valence-corrected chi connectivity index (χ2v) is 6.58. The third-order valence-corrected chi connectivity index (χ3v) is 4.46. The van der Waals surface area contributed by atoms with E-state index >= 15 is 0 Å². The Hall–Kier alpha value is -2.44. The van der Waals surface area contributed by atoms with Crippen molar-refractivity contribution in [2.75, 3.05) is 6.54 Å². The highest BCUT2D eigenvalue weighted by molar-refractivity contribution is 6.06. The molecular formula is C17H22N4O3. The minimum atomic E-state index is -0.942. The van der Waals surface area contributed by atoms with Crippen molar-refractivity contribution in [3.8, 4) is 0 Å². The summed E-state index contributed by atoms with van der Waals surface area (Å²) >= 11 is 0. The lowest BCUT2D eigenvalue weighted by molar-refractivity contribution is -0.143. The number of aromatic nitrogens is 3. The number of amides is 1. The zero-order chi connectivity index (χ0) is 17.4. The van der Waals surface area contributed by atoms with Gasteiger partial charge in [-0.15, -0.1) is 0 Å². The molecule has 128 valence electrons. The lowest BCUT2D eigenvalue weighted by Gasteiger charge is -2.33. The monoisotopic (exact) mass is 330 g/mol. The SMILES string of the molecule is Cc1cc(C(=O)N2CCCC[C@@H]2C(=O)O)c2cnn(C(C)C)c2n1. The van der Waals surface area contributed by atoms with E-state index < -0.39 is 12.0 Å². The molecule has 0 unspecified atom stereocenters. The molecule has 0 radical (unpaired) electrons. The number of pyridine rings is 1. The third kappa shape index (κ3) is 2.74. The molecule has 1 atom stereocenters. The van der Waals surface area contributed by atoms with Crippen molar-refractivity contribution in [3.63, 3.8) is 0 Å². The second-order valence-electron chi connectivity index (χ2n) is 6.58. The van der Waals surface area contributed by atoms with Gasteiger partial charge in [-0.3, -0.25) is 4.79 Å². The van der Waals surface area contributed by atoms with Crippen molar-refractivity contribution >= 4 is 22.9 Å². The molecule has 0 bridgehead atoms. The molecule has 1 N–H and O–H groups in total. The third-order valence-electron chi connectivity index (χ3n) is 4.46. The Morgan fingerprint density at radius 1 is 1.33 bits per heavy atom. The number of carboxylic acid groups (broad SMARTS) is 1. The molecule has 2 aromatic rings. The van der Waals surface area contributed by atoms with Crippen LogP contribution in [-0.4, -0.2) is 49.2 Å². The predicted molar refractivity (Wildman–Crippen MR) is 89.0 cm³/mol. The number of rotatable bonds is 3. The molecular weight excluding hydrogens is 308 g/mol. The number of hydrogen-bond donors (Lipinski definition) is 1. The zero-order valence-corrected chi connectivity index (χ0v) is 14.2. The van der Waals surface area contributed by atoms with E-state index in [0.717, 1.165) is 18.5 Å². The quantitative estimate of drug-likeness (QED) is 0.933. The van der Waals surface area contributed by atoms with Crippen LogP contribution < -0.4 is 0 Å². The van der Waals surface area contributed by atoms with Gasteiger partial charge < -0.3 is 10.0 Å². The second kappa shape index (κ2) is 6.22. The van der Waals surface area contributed by atoms with Crippen molar-refractivity contribution in [1.82, 2.24) is 19.7 Å². The highest BCUT2D eigenvalue weighted by Crippen LogP contribution is 2.25. The molecule has 1 aliphatic rings. The van der Waals surface area contributed by atoms with Crippen molar-refractivity contribution in [3.05, 3.63) is 23.5 Å². The standard InChI is InChI=1S/C17H22N4O3/c1-10(2)21-15-13(9-18-21)12(8-11(3)19-15)16(22)20-7-5-4-6-14(20)17(23)24/h8-10,14H,4-7H2,1-3H3,(H,23,24)/t14-/m1/s1. The van der Waals surface area contributed by atoms with Gasteiger partial charge in [0.1, 0.15) is 6.04 Å². The average molecular weight is 330 g/mol. The number of aryl methyl sites for hydroxylation is 1. The Bertz CT molecular complexity index is 796. The Morgan fingerprint density at radius 3 is 2.75 bits per heavy atom. The van der Waals surface area contributed by atoms with Gasteiger partial charge in [0, 0.05) is 18.3 Å². The van der Waals surface area contributed by atoms with E-state index in [1.807, 2.05) is 20.8 Å². The highest BCUT2D eigenvalue weighted by Gasteiger charge is 2.33. The van der Waals surface area contributed by atoms with E-state index in [9.17, 15) is 14.7 Å². The minimum absolute atomic E-state index is 0.126. The fraction of sp³-hybridized carbons (Fsp3) is 0.529. The van der Waals surface area contributed by atoms with Gasteiger partial charge in [0.05, 0.1) is 17.1 Å². The van der Waals surface area contributed by atoms with Crippen molar-refractivity contribution < 1.29 is 14.7 Å². The van der Waals surface area contributed by atoms with Gasteiger partial charge in [-0.2, -0.15) is 5.10 Å². The molecule has 7 nitrogen and oxygen atoms in total. The average Bonchev–Trinajstić information content (AvgIpc) is 2.97. The number of nitrogens with zero attached hydrogens (tertiary/aromatic N) is 4. The van der Waals surface area contributed by atoms with E-state index in [0.29, 0.717) is 29.6 Å². The zero-order valence-electron chi connectivity index (χ0n) is 14.2. The summed E-state index contributed by atoms with van der Waals surface area (Å²) in [6.07, 6.45) is 3.80. The summed E-state index contributed by atoms with van der Waals surface area (Å²) in [7, 11) is 0. The van der Waals surface area contributed by atoms with E-state index in [1.54, 1.807) is 16.9 Å². The minimum Gasteiger partial charge on any atom is -0.480 e. The molecule has 1 aliphatic heterocycles. The van der Waals surface area contributed by atoms with E-state index in [1.165, 1.54) is 4.90 Å². The maximum atomic E-state index is 13.1. The van der Waals surface area contributed by atoms with Gasteiger partial charge in [0.2, 0.25) is 0 Å². The van der Waals surface area contributed by atoms with E-state index in [4.69, 9.17) is 0 Å². The highest BCUT2D eigenvalue weighted by atomic mass is 16.4. The van der Waals surface area contributed by atoms with Crippen molar-refractivity contribution in [2.24, 2.45) is 0 Å². The van der Waals surface area contributed by atoms with Gasteiger partial charge in [0.15, 0.2) is 5.65 Å². The maximum Gasteiger partial charge on any atom is 0.326 e. The van der Waals surface area contributed by atoms with Crippen LogP contribution in [0.2, 0.25) is 0 Å². The first-order valence-electron chi connectivity index (χ1n) is 8.28. The molecule has 2 aromatic heterocycles. The maximum absolute atomic E-state index is 13.1. The van der Waals surface area contributed by atoms with Crippen molar-refractivity contribution in [2.45, 2.75) is 52.1 Å². The van der Waals surface area contributed by atoms with E-state index in [-0.39, 0.29) is 11.9 Å². The van der Waals surface area contributed by atoms with Crippen LogP contribution in [0.3, 0.4) is 0 Å². The summed E-state index contributed by atoms with van der Waals surface area (Å²) in [4.78, 5) is 30.6. The Labute approximate surface area is 140 Å². The molecule has 1 amide bonds. The van der Waals surface area contributed by atoms with Crippen LogP contribution in [0.5, 0.6) is 0 Å². The number of piperidine rings is 1. The number of hydrogen-bond acceptors (Lipinski definition) is 4. The van der Waals surface area contributed by atoms with Gasteiger partial charge in [-0.1, -0.05) is 0 Å². The number of aliphatic carboxylic acids is 1.